The van der Waals surface area contributed by atoms with E-state index in [2.05, 4.69) is 4.72 Å². The molecule has 6 heteroatoms. The molecule has 4 nitrogen and oxygen atoms in total. The molecular weight excluding hydrogens is 250 g/mol. The molecule has 0 bridgehead atoms. The number of halogens is 1. The maximum Gasteiger partial charge on any atom is 0.241 e. The number of sulfonamides is 1. The molecular formula is C10H12ClNO3S. The van der Waals surface area contributed by atoms with Crippen LogP contribution in [0.3, 0.4) is 0 Å². The lowest BCUT2D eigenvalue weighted by Crippen LogP contribution is -2.37. The van der Waals surface area contributed by atoms with Crippen molar-refractivity contribution in [2.24, 2.45) is 0 Å². The highest BCUT2D eigenvalue weighted by atomic mass is 35.5. The predicted octanol–water partition coefficient (Wildman–Crippen LogP) is 1.60. The third-order valence-corrected chi connectivity index (χ3v) is 3.82. The minimum Gasteiger partial charge on any atom is -0.298 e. The second-order valence-electron chi connectivity index (χ2n) is 3.41. The lowest BCUT2D eigenvalue weighted by molar-refractivity contribution is -0.118. The lowest BCUT2D eigenvalue weighted by atomic mass is 10.3. The molecule has 0 radical (unpaired) electrons. The fourth-order valence-electron chi connectivity index (χ4n) is 1.02. The minimum atomic E-state index is -3.68. The van der Waals surface area contributed by atoms with Crippen molar-refractivity contribution in [3.8, 4) is 0 Å². The van der Waals surface area contributed by atoms with E-state index in [1.807, 2.05) is 0 Å². The van der Waals surface area contributed by atoms with Gasteiger partial charge in [0.1, 0.15) is 5.78 Å². The number of benzene rings is 1. The molecule has 0 aliphatic rings. The molecule has 0 spiro atoms. The van der Waals surface area contributed by atoms with Crippen molar-refractivity contribution in [2.75, 3.05) is 0 Å². The van der Waals surface area contributed by atoms with Crippen molar-refractivity contribution in [3.63, 3.8) is 0 Å². The van der Waals surface area contributed by atoms with Crippen molar-refractivity contribution in [3.05, 3.63) is 29.3 Å². The zero-order valence-corrected chi connectivity index (χ0v) is 10.5. The first-order valence-electron chi connectivity index (χ1n) is 4.61. The Labute approximate surface area is 99.7 Å². The number of nitrogens with one attached hydrogen (secondary N) is 1. The van der Waals surface area contributed by atoms with Gasteiger partial charge in [-0.1, -0.05) is 17.7 Å². The Morgan fingerprint density at radius 1 is 1.44 bits per heavy atom. The van der Waals surface area contributed by atoms with E-state index in [1.165, 1.54) is 32.0 Å². The van der Waals surface area contributed by atoms with Crippen LogP contribution in [0.4, 0.5) is 0 Å². The van der Waals surface area contributed by atoms with Gasteiger partial charge >= 0.3 is 0 Å². The topological polar surface area (TPSA) is 63.2 Å². The van der Waals surface area contributed by atoms with Gasteiger partial charge in [0.05, 0.1) is 10.9 Å². The number of Topliss-reactive ketones (excluding diaryl/α,β-unsaturated/α-hetero) is 1. The van der Waals surface area contributed by atoms with Gasteiger partial charge in [0.2, 0.25) is 10.0 Å². The second-order valence-corrected chi connectivity index (χ2v) is 5.56. The van der Waals surface area contributed by atoms with Gasteiger partial charge in [-0.15, -0.1) is 0 Å². The maximum absolute atomic E-state index is 11.8. The van der Waals surface area contributed by atoms with Gasteiger partial charge < -0.3 is 0 Å². The Balaban J connectivity index is 2.99. The summed E-state index contributed by atoms with van der Waals surface area (Å²) in [5, 5.41) is 0.332. The van der Waals surface area contributed by atoms with Crippen LogP contribution in [0.15, 0.2) is 29.2 Å². The standard InChI is InChI=1S/C10H12ClNO3S/c1-7(8(2)13)12-16(14,15)10-5-3-4-9(11)6-10/h3-7,12H,1-2H3. The number of hydrogen-bond donors (Lipinski definition) is 1. The van der Waals surface area contributed by atoms with Crippen LogP contribution in [0.25, 0.3) is 0 Å². The number of hydrogen-bond acceptors (Lipinski definition) is 3. The van der Waals surface area contributed by atoms with E-state index in [0.717, 1.165) is 0 Å². The Morgan fingerprint density at radius 2 is 2.06 bits per heavy atom. The zero-order valence-electron chi connectivity index (χ0n) is 8.90. The zero-order chi connectivity index (χ0) is 12.3. The summed E-state index contributed by atoms with van der Waals surface area (Å²) in [6.07, 6.45) is 0. The third kappa shape index (κ3) is 3.30. The highest BCUT2D eigenvalue weighted by Gasteiger charge is 2.19. The summed E-state index contributed by atoms with van der Waals surface area (Å²) in [5.41, 5.74) is 0. The van der Waals surface area contributed by atoms with E-state index in [9.17, 15) is 13.2 Å². The second kappa shape index (κ2) is 4.95. The molecule has 0 saturated heterocycles. The molecule has 0 aliphatic heterocycles. The first-order valence-corrected chi connectivity index (χ1v) is 6.47. The fraction of sp³-hybridized carbons (Fsp3) is 0.300. The molecule has 88 valence electrons. The van der Waals surface area contributed by atoms with Gasteiger partial charge in [-0.3, -0.25) is 4.79 Å². The molecule has 16 heavy (non-hydrogen) atoms. The van der Waals surface area contributed by atoms with E-state index in [-0.39, 0.29) is 10.7 Å². The van der Waals surface area contributed by atoms with Gasteiger partial charge in [0.15, 0.2) is 0 Å². The molecule has 1 rings (SSSR count). The van der Waals surface area contributed by atoms with Gasteiger partial charge in [0.25, 0.3) is 0 Å². The van der Waals surface area contributed by atoms with E-state index >= 15 is 0 Å². The molecule has 0 aromatic heterocycles. The average Bonchev–Trinajstić information content (AvgIpc) is 2.17. The van der Waals surface area contributed by atoms with Crippen molar-refractivity contribution in [1.82, 2.24) is 4.72 Å². The third-order valence-electron chi connectivity index (χ3n) is 2.05. The minimum absolute atomic E-state index is 0.0492. The van der Waals surface area contributed by atoms with Crippen LogP contribution in [0.2, 0.25) is 5.02 Å². The molecule has 1 aromatic carbocycles. The predicted molar refractivity (Wildman–Crippen MR) is 61.9 cm³/mol. The quantitative estimate of drug-likeness (QED) is 0.895. The SMILES string of the molecule is CC(=O)C(C)NS(=O)(=O)c1cccc(Cl)c1. The maximum atomic E-state index is 11.8. The van der Waals surface area contributed by atoms with E-state index in [4.69, 9.17) is 11.6 Å². The average molecular weight is 262 g/mol. The smallest absolute Gasteiger partial charge is 0.241 e. The summed E-state index contributed by atoms with van der Waals surface area (Å²) >= 11 is 5.69. The fourth-order valence-corrected chi connectivity index (χ4v) is 2.58. The number of ketones is 1. The van der Waals surface area contributed by atoms with Gasteiger partial charge in [-0.25, -0.2) is 13.1 Å². The Bertz CT molecular complexity index is 499. The monoisotopic (exact) mass is 261 g/mol. The number of carbonyl (C=O) groups is 1. The van der Waals surface area contributed by atoms with Gasteiger partial charge in [-0.05, 0) is 32.0 Å². The summed E-state index contributed by atoms with van der Waals surface area (Å²) in [5.74, 6) is -0.245. The molecule has 1 atom stereocenters. The van der Waals surface area contributed by atoms with Crippen LogP contribution < -0.4 is 4.72 Å². The van der Waals surface area contributed by atoms with E-state index in [0.29, 0.717) is 5.02 Å². The Morgan fingerprint density at radius 3 is 2.56 bits per heavy atom. The van der Waals surface area contributed by atoms with Crippen molar-refractivity contribution < 1.29 is 13.2 Å². The van der Waals surface area contributed by atoms with Crippen LogP contribution in [0.1, 0.15) is 13.8 Å². The molecule has 1 N–H and O–H groups in total. The molecule has 1 aromatic rings. The highest BCUT2D eigenvalue weighted by Crippen LogP contribution is 2.15. The lowest BCUT2D eigenvalue weighted by Gasteiger charge is -2.11. The van der Waals surface area contributed by atoms with Crippen LogP contribution in [-0.4, -0.2) is 20.2 Å². The van der Waals surface area contributed by atoms with E-state index < -0.39 is 16.1 Å². The summed E-state index contributed by atoms with van der Waals surface area (Å²) < 4.78 is 25.8. The molecule has 0 amide bonds. The van der Waals surface area contributed by atoms with Crippen LogP contribution in [0, 0.1) is 0 Å². The van der Waals surface area contributed by atoms with Crippen LogP contribution in [0.5, 0.6) is 0 Å². The summed E-state index contributed by atoms with van der Waals surface area (Å²) in [6, 6.07) is 5.12. The van der Waals surface area contributed by atoms with Crippen molar-refractivity contribution in [2.45, 2.75) is 24.8 Å². The van der Waals surface area contributed by atoms with Crippen molar-refractivity contribution in [1.29, 1.82) is 0 Å². The highest BCUT2D eigenvalue weighted by molar-refractivity contribution is 7.89. The molecule has 0 aliphatic carbocycles. The molecule has 0 saturated carbocycles. The first kappa shape index (κ1) is 13.2. The molecule has 0 heterocycles. The summed E-state index contributed by atoms with van der Waals surface area (Å²) in [6.45, 7) is 2.82. The summed E-state index contributed by atoms with van der Waals surface area (Å²) in [7, 11) is -3.68. The van der Waals surface area contributed by atoms with Crippen molar-refractivity contribution >= 4 is 27.4 Å². The largest absolute Gasteiger partial charge is 0.298 e. The summed E-state index contributed by atoms with van der Waals surface area (Å²) in [4.78, 5) is 11.0. The van der Waals surface area contributed by atoms with Crippen LogP contribution in [-0.2, 0) is 14.8 Å². The van der Waals surface area contributed by atoms with Crippen LogP contribution >= 0.6 is 11.6 Å². The first-order chi connectivity index (χ1) is 7.33. The molecule has 0 fully saturated rings. The molecule has 1 unspecified atom stereocenters. The van der Waals surface area contributed by atoms with Gasteiger partial charge in [-0.2, -0.15) is 0 Å². The Hall–Kier alpha value is -0.910. The number of carbonyl (C=O) groups excluding carboxylic acids is 1. The normalized spacial score (nSPS) is 13.4. The van der Waals surface area contributed by atoms with Gasteiger partial charge in [0, 0.05) is 5.02 Å². The number of rotatable bonds is 4. The Kier molecular flexibility index (Phi) is 4.07. The van der Waals surface area contributed by atoms with E-state index in [1.54, 1.807) is 6.07 Å².